The molecule has 0 aliphatic carbocycles. The lowest BCUT2D eigenvalue weighted by Gasteiger charge is -2.30. The number of H-pyrrole nitrogens is 1. The van der Waals surface area contributed by atoms with Crippen molar-refractivity contribution in [2.45, 2.75) is 23.8 Å². The van der Waals surface area contributed by atoms with Gasteiger partial charge in [0.05, 0.1) is 29.4 Å². The molecule has 0 radical (unpaired) electrons. The first-order valence-electron chi connectivity index (χ1n) is 11.8. The Morgan fingerprint density at radius 1 is 1.00 bits per heavy atom. The zero-order chi connectivity index (χ0) is 25.8. The van der Waals surface area contributed by atoms with E-state index in [2.05, 4.69) is 10.3 Å². The third-order valence-electron chi connectivity index (χ3n) is 6.00. The molecule has 8 heteroatoms. The van der Waals surface area contributed by atoms with Gasteiger partial charge >= 0.3 is 5.97 Å². The number of hydrogen-bond donors (Lipinski definition) is 2. The van der Waals surface area contributed by atoms with Gasteiger partial charge in [-0.25, -0.2) is 14.2 Å². The molecule has 0 saturated carbocycles. The number of halogens is 1. The summed E-state index contributed by atoms with van der Waals surface area (Å²) in [5, 5.41) is 3.70. The molecule has 37 heavy (non-hydrogen) atoms. The maximum atomic E-state index is 13.8. The highest BCUT2D eigenvalue weighted by Crippen LogP contribution is 2.43. The number of nitrogens with one attached hydrogen (secondary N) is 2. The molecule has 1 atom stereocenters. The Morgan fingerprint density at radius 3 is 2.35 bits per heavy atom. The molecule has 2 heterocycles. The molecule has 6 nitrogen and oxygen atoms in total. The predicted molar refractivity (Wildman–Crippen MR) is 143 cm³/mol. The molecule has 1 aliphatic heterocycles. The van der Waals surface area contributed by atoms with Gasteiger partial charge < -0.3 is 15.0 Å². The van der Waals surface area contributed by atoms with Crippen molar-refractivity contribution in [3.05, 3.63) is 129 Å². The van der Waals surface area contributed by atoms with Gasteiger partial charge in [0.25, 0.3) is 5.56 Å². The summed E-state index contributed by atoms with van der Waals surface area (Å²) in [5.74, 6) is -0.811. The van der Waals surface area contributed by atoms with E-state index in [1.807, 2.05) is 60.7 Å². The van der Waals surface area contributed by atoms with E-state index in [0.717, 1.165) is 11.1 Å². The number of hydrogen-bond acceptors (Lipinski definition) is 6. The van der Waals surface area contributed by atoms with Crippen molar-refractivity contribution in [2.75, 3.05) is 11.9 Å². The molecule has 0 saturated heterocycles. The van der Waals surface area contributed by atoms with Crippen molar-refractivity contribution in [1.29, 1.82) is 0 Å². The number of fused-ring (bicyclic) bond motifs is 1. The lowest BCUT2D eigenvalue weighted by atomic mass is 9.81. The quantitative estimate of drug-likeness (QED) is 0.186. The zero-order valence-corrected chi connectivity index (χ0v) is 20.8. The van der Waals surface area contributed by atoms with Crippen LogP contribution >= 0.6 is 11.8 Å². The third-order valence-corrected chi connectivity index (χ3v) is 6.95. The molecule has 0 amide bonds. The van der Waals surface area contributed by atoms with Gasteiger partial charge in [0.1, 0.15) is 11.6 Å². The van der Waals surface area contributed by atoms with Crippen LogP contribution in [0.2, 0.25) is 0 Å². The monoisotopic (exact) mass is 513 g/mol. The minimum absolute atomic E-state index is 0.164. The number of benzene rings is 3. The number of rotatable bonds is 7. The fraction of sp³-hybridized carbons (Fsp3) is 0.138. The van der Waals surface area contributed by atoms with E-state index >= 15 is 0 Å². The molecule has 5 rings (SSSR count). The summed E-state index contributed by atoms with van der Waals surface area (Å²) in [6.07, 6.45) is 0. The minimum atomic E-state index is -0.810. The highest BCUT2D eigenvalue weighted by molar-refractivity contribution is 7.98. The maximum Gasteiger partial charge on any atom is 0.337 e. The zero-order valence-electron chi connectivity index (χ0n) is 20.0. The van der Waals surface area contributed by atoms with E-state index in [1.165, 1.54) is 23.9 Å². The van der Waals surface area contributed by atoms with Gasteiger partial charge in [-0.05, 0) is 35.7 Å². The Morgan fingerprint density at radius 2 is 1.68 bits per heavy atom. The van der Waals surface area contributed by atoms with Crippen LogP contribution in [0.4, 0.5) is 10.2 Å². The van der Waals surface area contributed by atoms with Crippen LogP contribution in [0, 0.1) is 5.82 Å². The molecule has 1 aliphatic rings. The third kappa shape index (κ3) is 5.20. The van der Waals surface area contributed by atoms with Crippen molar-refractivity contribution in [3.8, 4) is 0 Å². The standard InChI is InChI=1S/C29H24FN3O3S/c1-2-36-28(35)23-22(19-13-15-21(30)16-14-19)24-26(31-25(23)20-11-7-4-8-12-20)32-29(33-27(24)34)37-17-18-9-5-3-6-10-18/h3-16,22H,2,17H2,1H3,(H2,31,32,33,34). The normalized spacial score (nSPS) is 14.6. The smallest absolute Gasteiger partial charge is 0.337 e. The van der Waals surface area contributed by atoms with Crippen LogP contribution in [0.5, 0.6) is 0 Å². The number of nitrogens with zero attached hydrogens (tertiary/aromatic N) is 1. The van der Waals surface area contributed by atoms with E-state index in [1.54, 1.807) is 19.1 Å². The van der Waals surface area contributed by atoms with Crippen LogP contribution in [0.25, 0.3) is 5.70 Å². The number of thioether (sulfide) groups is 1. The minimum Gasteiger partial charge on any atom is -0.463 e. The fourth-order valence-corrected chi connectivity index (χ4v) is 5.16. The van der Waals surface area contributed by atoms with Crippen LogP contribution in [0.1, 0.15) is 35.1 Å². The van der Waals surface area contributed by atoms with Gasteiger partial charge in [0.2, 0.25) is 0 Å². The SMILES string of the molecule is CCOC(=O)C1=C(c2ccccc2)Nc2nc(SCc3ccccc3)[nH]c(=O)c2C1c1ccc(F)cc1. The number of carbonyl (C=O) groups is 1. The number of esters is 1. The van der Waals surface area contributed by atoms with Crippen LogP contribution < -0.4 is 10.9 Å². The molecule has 4 aromatic rings. The second kappa shape index (κ2) is 10.8. The number of carbonyl (C=O) groups excluding carboxylic acids is 1. The van der Waals surface area contributed by atoms with Crippen LogP contribution in [-0.2, 0) is 15.3 Å². The second-order valence-electron chi connectivity index (χ2n) is 8.39. The van der Waals surface area contributed by atoms with Crippen molar-refractivity contribution in [2.24, 2.45) is 0 Å². The summed E-state index contributed by atoms with van der Waals surface area (Å²) in [6.45, 7) is 1.89. The summed E-state index contributed by atoms with van der Waals surface area (Å²) >= 11 is 1.41. The average molecular weight is 514 g/mol. The van der Waals surface area contributed by atoms with Crippen molar-refractivity contribution in [1.82, 2.24) is 9.97 Å². The number of ether oxygens (including phenoxy) is 1. The highest BCUT2D eigenvalue weighted by Gasteiger charge is 2.38. The van der Waals surface area contributed by atoms with Gasteiger partial charge in [0, 0.05) is 5.75 Å². The number of anilines is 1. The molecule has 0 spiro atoms. The van der Waals surface area contributed by atoms with Gasteiger partial charge in [0.15, 0.2) is 5.16 Å². The van der Waals surface area contributed by atoms with Gasteiger partial charge in [-0.2, -0.15) is 0 Å². The van der Waals surface area contributed by atoms with E-state index < -0.39 is 17.7 Å². The molecule has 186 valence electrons. The Kier molecular flexibility index (Phi) is 7.18. The molecule has 0 bridgehead atoms. The maximum absolute atomic E-state index is 13.8. The fourth-order valence-electron chi connectivity index (χ4n) is 4.34. The molecule has 3 aromatic carbocycles. The first kappa shape index (κ1) is 24.5. The first-order valence-corrected chi connectivity index (χ1v) is 12.8. The van der Waals surface area contributed by atoms with Gasteiger partial charge in [-0.3, -0.25) is 4.79 Å². The molecule has 0 fully saturated rings. The van der Waals surface area contributed by atoms with Crippen LogP contribution in [0.3, 0.4) is 0 Å². The summed E-state index contributed by atoms with van der Waals surface area (Å²) in [4.78, 5) is 34.5. The molecule has 1 aromatic heterocycles. The van der Waals surface area contributed by atoms with E-state index in [0.29, 0.717) is 28.0 Å². The predicted octanol–water partition coefficient (Wildman–Crippen LogP) is 5.73. The van der Waals surface area contributed by atoms with Crippen molar-refractivity contribution >= 4 is 29.2 Å². The van der Waals surface area contributed by atoms with E-state index in [-0.39, 0.29) is 23.3 Å². The molecule has 2 N–H and O–H groups in total. The lowest BCUT2D eigenvalue weighted by Crippen LogP contribution is -2.31. The summed E-state index contributed by atoms with van der Waals surface area (Å²) in [6, 6.07) is 25.0. The number of aromatic amines is 1. The summed E-state index contributed by atoms with van der Waals surface area (Å²) in [7, 11) is 0. The molecule has 1 unspecified atom stereocenters. The first-order chi connectivity index (χ1) is 18.0. The highest BCUT2D eigenvalue weighted by atomic mass is 32.2. The van der Waals surface area contributed by atoms with Gasteiger partial charge in [-0.1, -0.05) is 84.6 Å². The topological polar surface area (TPSA) is 84.1 Å². The largest absolute Gasteiger partial charge is 0.463 e. The Hall–Kier alpha value is -4.17. The Labute approximate surface area is 217 Å². The average Bonchev–Trinajstić information content (AvgIpc) is 2.92. The van der Waals surface area contributed by atoms with Gasteiger partial charge in [-0.15, -0.1) is 0 Å². The summed E-state index contributed by atoms with van der Waals surface area (Å²) in [5.41, 5.74) is 3.08. The van der Waals surface area contributed by atoms with E-state index in [9.17, 15) is 14.0 Å². The number of aromatic nitrogens is 2. The summed E-state index contributed by atoms with van der Waals surface area (Å²) < 4.78 is 19.3. The van der Waals surface area contributed by atoms with Crippen LogP contribution in [-0.4, -0.2) is 22.5 Å². The van der Waals surface area contributed by atoms with E-state index in [4.69, 9.17) is 9.72 Å². The van der Waals surface area contributed by atoms with Crippen molar-refractivity contribution in [3.63, 3.8) is 0 Å². The Balaban J connectivity index is 1.67. The van der Waals surface area contributed by atoms with Crippen molar-refractivity contribution < 1.29 is 13.9 Å². The second-order valence-corrected chi connectivity index (χ2v) is 9.36. The lowest BCUT2D eigenvalue weighted by molar-refractivity contribution is -0.138. The Bertz CT molecular complexity index is 1500. The van der Waals surface area contributed by atoms with Crippen LogP contribution in [0.15, 0.2) is 100 Å². The molecular weight excluding hydrogens is 489 g/mol. The molecular formula is C29H24FN3O3S.